The molecule has 4 N–H and O–H groups in total. The molecule has 41 heavy (non-hydrogen) atoms. The number of imidazole rings is 1. The summed E-state index contributed by atoms with van der Waals surface area (Å²) in [5, 5.41) is 13.4. The molecule has 0 spiro atoms. The van der Waals surface area contributed by atoms with Crippen molar-refractivity contribution in [2.45, 2.75) is 26.2 Å². The summed E-state index contributed by atoms with van der Waals surface area (Å²) in [5.41, 5.74) is 2.60. The number of carbonyl (C=O) groups excluding carboxylic acids is 1. The van der Waals surface area contributed by atoms with Crippen molar-refractivity contribution in [3.05, 3.63) is 95.2 Å². The van der Waals surface area contributed by atoms with Gasteiger partial charge in [0.25, 0.3) is 0 Å². The Balaban J connectivity index is 1.30. The van der Waals surface area contributed by atoms with Crippen molar-refractivity contribution in [2.24, 2.45) is 0 Å². The first-order valence-corrected chi connectivity index (χ1v) is 13.5. The number of carbonyl (C=O) groups is 1. The van der Waals surface area contributed by atoms with Gasteiger partial charge < -0.3 is 15.0 Å². The van der Waals surface area contributed by atoms with Crippen molar-refractivity contribution in [3.63, 3.8) is 0 Å². The fourth-order valence-electron chi connectivity index (χ4n) is 4.50. The lowest BCUT2D eigenvalue weighted by Crippen LogP contribution is -2.21. The molecule has 0 aliphatic heterocycles. The molecule has 3 aromatic heterocycles. The molecule has 10 nitrogen and oxygen atoms in total. The van der Waals surface area contributed by atoms with E-state index in [1.807, 2.05) is 54.6 Å². The molecule has 0 saturated heterocycles. The molecular formula is C30H28N7O3P. The minimum Gasteiger partial charge on any atom is -0.454 e. The van der Waals surface area contributed by atoms with Gasteiger partial charge >= 0.3 is 11.7 Å². The number of aromatic amines is 2. The van der Waals surface area contributed by atoms with E-state index in [1.165, 1.54) is 0 Å². The van der Waals surface area contributed by atoms with Crippen LogP contribution >= 0.6 is 9.24 Å². The average Bonchev–Trinajstić information content (AvgIpc) is 3.54. The first-order valence-electron chi connectivity index (χ1n) is 13.0. The number of H-pyrrole nitrogens is 2. The fraction of sp³-hybridized carbons (Fsp3) is 0.133. The molecule has 0 bridgehead atoms. The largest absolute Gasteiger partial charge is 0.454 e. The minimum atomic E-state index is -0.408. The van der Waals surface area contributed by atoms with E-state index in [9.17, 15) is 9.59 Å². The molecule has 11 heteroatoms. The van der Waals surface area contributed by atoms with Crippen molar-refractivity contribution >= 4 is 54.0 Å². The number of benzene rings is 3. The van der Waals surface area contributed by atoms with Gasteiger partial charge in [-0.25, -0.2) is 19.3 Å². The van der Waals surface area contributed by atoms with Crippen molar-refractivity contribution in [3.8, 4) is 17.2 Å². The van der Waals surface area contributed by atoms with Crippen LogP contribution in [0.1, 0.15) is 26.5 Å². The molecule has 1 atom stereocenters. The Hall–Kier alpha value is -4.95. The lowest BCUT2D eigenvalue weighted by atomic mass is 9.92. The fourth-order valence-corrected chi connectivity index (χ4v) is 4.70. The Labute approximate surface area is 237 Å². The van der Waals surface area contributed by atoms with Gasteiger partial charge in [0.15, 0.2) is 11.4 Å². The molecule has 3 heterocycles. The molecule has 0 aliphatic carbocycles. The normalized spacial score (nSPS) is 11.6. The molecule has 0 radical (unpaired) electrons. The van der Waals surface area contributed by atoms with E-state index in [4.69, 9.17) is 9.84 Å². The van der Waals surface area contributed by atoms with Gasteiger partial charge in [-0.05, 0) is 29.6 Å². The summed E-state index contributed by atoms with van der Waals surface area (Å²) in [6.45, 7) is 6.24. The average molecular weight is 566 g/mol. The summed E-state index contributed by atoms with van der Waals surface area (Å²) in [6.07, 6.45) is 1.56. The van der Waals surface area contributed by atoms with Crippen molar-refractivity contribution < 1.29 is 9.53 Å². The van der Waals surface area contributed by atoms with Gasteiger partial charge in [-0.15, -0.1) is 9.24 Å². The van der Waals surface area contributed by atoms with E-state index in [-0.39, 0.29) is 11.1 Å². The second-order valence-electron chi connectivity index (χ2n) is 10.6. The zero-order valence-corrected chi connectivity index (χ0v) is 23.8. The molecule has 206 valence electrons. The van der Waals surface area contributed by atoms with E-state index in [2.05, 4.69) is 55.6 Å². The summed E-state index contributed by atoms with van der Waals surface area (Å²) >= 11 is 0. The highest BCUT2D eigenvalue weighted by Crippen LogP contribution is 2.36. The molecule has 6 aromatic rings. The van der Waals surface area contributed by atoms with E-state index in [0.717, 1.165) is 27.5 Å². The third kappa shape index (κ3) is 5.29. The van der Waals surface area contributed by atoms with Gasteiger partial charge in [0, 0.05) is 34.5 Å². The number of hydrogen-bond donors (Lipinski definition) is 4. The van der Waals surface area contributed by atoms with E-state index >= 15 is 0 Å². The Morgan fingerprint density at radius 2 is 1.68 bits per heavy atom. The molecule has 0 saturated carbocycles. The van der Waals surface area contributed by atoms with Gasteiger partial charge in [-0.1, -0.05) is 57.2 Å². The van der Waals surface area contributed by atoms with Crippen LogP contribution < -0.4 is 26.4 Å². The second kappa shape index (κ2) is 10.2. The first kappa shape index (κ1) is 26.3. The van der Waals surface area contributed by atoms with E-state index in [1.54, 1.807) is 29.1 Å². The van der Waals surface area contributed by atoms with Gasteiger partial charge in [0.1, 0.15) is 17.1 Å². The molecule has 6 rings (SSSR count). The number of amides is 2. The van der Waals surface area contributed by atoms with Crippen LogP contribution in [-0.4, -0.2) is 30.8 Å². The quantitative estimate of drug-likeness (QED) is 0.196. The highest BCUT2D eigenvalue weighted by molar-refractivity contribution is 7.27. The van der Waals surface area contributed by atoms with E-state index in [0.29, 0.717) is 34.2 Å². The monoisotopic (exact) mass is 565 g/mol. The topological polar surface area (TPSA) is 130 Å². The Morgan fingerprint density at radius 1 is 0.927 bits per heavy atom. The Morgan fingerprint density at radius 3 is 2.44 bits per heavy atom. The standard InChI is InChI=1S/C30H28N7O3P/c1-30(2,3)24-16-25(37(36-24)17-8-10-18(41)11-9-17)33-28(38)32-21-12-13-22(20-7-5-4-6-19(20)21)40-23-14-15-31-27-26(23)34-29(39)35-27/h4-16H,41H2,1-3H3,(H2,32,33,38)(H2,31,34,35,39). The summed E-state index contributed by atoms with van der Waals surface area (Å²) < 4.78 is 7.95. The third-order valence-corrected chi connectivity index (χ3v) is 6.98. The molecule has 0 aliphatic rings. The predicted octanol–water partition coefficient (Wildman–Crippen LogP) is 5.82. The van der Waals surface area contributed by atoms with Crippen molar-refractivity contribution in [2.75, 3.05) is 10.6 Å². The lowest BCUT2D eigenvalue weighted by molar-refractivity contribution is 0.262. The predicted molar refractivity (Wildman–Crippen MR) is 165 cm³/mol. The maximum Gasteiger partial charge on any atom is 0.325 e. The number of pyridine rings is 1. The van der Waals surface area contributed by atoms with Crippen LogP contribution in [0.25, 0.3) is 27.6 Å². The third-order valence-electron chi connectivity index (χ3n) is 6.59. The minimum absolute atomic E-state index is 0.210. The number of fused-ring (bicyclic) bond motifs is 2. The van der Waals surface area contributed by atoms with Crippen LogP contribution in [0.3, 0.4) is 0 Å². The molecular weight excluding hydrogens is 537 g/mol. The lowest BCUT2D eigenvalue weighted by Gasteiger charge is -2.14. The Bertz CT molecular complexity index is 1970. The number of hydrogen-bond acceptors (Lipinski definition) is 5. The van der Waals surface area contributed by atoms with Crippen molar-refractivity contribution in [1.29, 1.82) is 0 Å². The number of rotatable bonds is 5. The highest BCUT2D eigenvalue weighted by atomic mass is 31.0. The van der Waals surface area contributed by atoms with Gasteiger partial charge in [-0.2, -0.15) is 5.10 Å². The first-order chi connectivity index (χ1) is 19.7. The van der Waals surface area contributed by atoms with Crippen LogP contribution in [0.4, 0.5) is 16.3 Å². The maximum atomic E-state index is 13.3. The molecule has 0 fully saturated rings. The van der Waals surface area contributed by atoms with Crippen LogP contribution in [0, 0.1) is 0 Å². The maximum absolute atomic E-state index is 13.3. The summed E-state index contributed by atoms with van der Waals surface area (Å²) in [4.78, 5) is 34.6. The molecule has 2 amide bonds. The number of anilines is 2. The summed E-state index contributed by atoms with van der Waals surface area (Å²) in [6, 6.07) is 22.2. The number of nitrogens with one attached hydrogen (secondary N) is 4. The van der Waals surface area contributed by atoms with Gasteiger partial charge in [-0.3, -0.25) is 10.3 Å². The summed E-state index contributed by atoms with van der Waals surface area (Å²) in [7, 11) is 2.67. The number of nitrogens with zero attached hydrogens (tertiary/aromatic N) is 3. The zero-order chi connectivity index (χ0) is 28.7. The highest BCUT2D eigenvalue weighted by Gasteiger charge is 2.22. The Kier molecular flexibility index (Phi) is 6.55. The smallest absolute Gasteiger partial charge is 0.325 e. The van der Waals surface area contributed by atoms with E-state index < -0.39 is 6.03 Å². The number of urea groups is 1. The molecule has 1 unspecified atom stereocenters. The van der Waals surface area contributed by atoms with Crippen LogP contribution in [0.15, 0.2) is 83.8 Å². The zero-order valence-electron chi connectivity index (χ0n) is 22.6. The summed E-state index contributed by atoms with van der Waals surface area (Å²) in [5.74, 6) is 1.57. The van der Waals surface area contributed by atoms with Crippen LogP contribution in [0.2, 0.25) is 0 Å². The van der Waals surface area contributed by atoms with Crippen LogP contribution in [-0.2, 0) is 5.41 Å². The van der Waals surface area contributed by atoms with Gasteiger partial charge in [0.2, 0.25) is 0 Å². The second-order valence-corrected chi connectivity index (χ2v) is 11.3. The molecule has 3 aromatic carbocycles. The van der Waals surface area contributed by atoms with Crippen molar-refractivity contribution in [1.82, 2.24) is 24.7 Å². The van der Waals surface area contributed by atoms with Crippen LogP contribution in [0.5, 0.6) is 11.5 Å². The number of ether oxygens (including phenoxy) is 1. The van der Waals surface area contributed by atoms with Gasteiger partial charge in [0.05, 0.1) is 17.1 Å². The number of aromatic nitrogens is 5. The SMILES string of the molecule is CC(C)(C)c1cc(NC(=O)Nc2ccc(Oc3ccnc4[nH]c(=O)[nH]c34)c3ccccc23)n(-c2ccc(P)cc2)n1.